The van der Waals surface area contributed by atoms with E-state index in [1.807, 2.05) is 56.3 Å². The molecular weight excluding hydrogens is 302 g/mol. The van der Waals surface area contributed by atoms with Crippen LogP contribution in [0.15, 0.2) is 46.9 Å². The zero-order valence-corrected chi connectivity index (χ0v) is 12.9. The van der Waals surface area contributed by atoms with Crippen LogP contribution in [0, 0.1) is 13.8 Å². The molecule has 1 amide bonds. The Kier molecular flexibility index (Phi) is 4.05. The number of hydrogen-bond acceptors (Lipinski definition) is 1. The Morgan fingerprint density at radius 1 is 1.05 bits per heavy atom. The van der Waals surface area contributed by atoms with Crippen molar-refractivity contribution in [3.63, 3.8) is 0 Å². The summed E-state index contributed by atoms with van der Waals surface area (Å²) in [5.41, 5.74) is 3.80. The van der Waals surface area contributed by atoms with Crippen LogP contribution in [0.1, 0.15) is 21.5 Å². The van der Waals surface area contributed by atoms with E-state index in [0.717, 1.165) is 21.3 Å². The Labute approximate surface area is 122 Å². The lowest BCUT2D eigenvalue weighted by atomic mass is 10.1. The first-order valence-electron chi connectivity index (χ1n) is 6.10. The maximum atomic E-state index is 12.5. The molecule has 0 heterocycles. The number of amides is 1. The van der Waals surface area contributed by atoms with Gasteiger partial charge in [-0.25, -0.2) is 0 Å². The number of nitrogens with zero attached hydrogens (tertiary/aromatic N) is 1. The minimum atomic E-state index is -0.0128. The van der Waals surface area contributed by atoms with Gasteiger partial charge in [0, 0.05) is 17.2 Å². The van der Waals surface area contributed by atoms with Gasteiger partial charge in [-0.15, -0.1) is 0 Å². The molecule has 0 bridgehead atoms. The largest absolute Gasteiger partial charge is 0.311 e. The summed E-state index contributed by atoms with van der Waals surface area (Å²) in [5.74, 6) is -0.0128. The van der Waals surface area contributed by atoms with Gasteiger partial charge in [0.2, 0.25) is 0 Å². The van der Waals surface area contributed by atoms with Crippen LogP contribution in [0.4, 0.5) is 5.69 Å². The highest BCUT2D eigenvalue weighted by Crippen LogP contribution is 2.22. The van der Waals surface area contributed by atoms with Crippen molar-refractivity contribution in [2.24, 2.45) is 0 Å². The fourth-order valence-electron chi connectivity index (χ4n) is 1.94. The molecule has 0 radical (unpaired) electrons. The van der Waals surface area contributed by atoms with Gasteiger partial charge in [-0.2, -0.15) is 0 Å². The van der Waals surface area contributed by atoms with Gasteiger partial charge in [-0.1, -0.05) is 23.8 Å². The van der Waals surface area contributed by atoms with E-state index in [1.165, 1.54) is 0 Å². The minimum Gasteiger partial charge on any atom is -0.311 e. The van der Waals surface area contributed by atoms with E-state index < -0.39 is 0 Å². The Balaban J connectivity index is 2.36. The molecule has 98 valence electrons. The zero-order valence-electron chi connectivity index (χ0n) is 11.3. The molecule has 3 heteroatoms. The van der Waals surface area contributed by atoms with Crippen molar-refractivity contribution in [1.82, 2.24) is 0 Å². The van der Waals surface area contributed by atoms with Crippen LogP contribution in [0.25, 0.3) is 0 Å². The van der Waals surface area contributed by atoms with E-state index >= 15 is 0 Å². The lowest BCUT2D eigenvalue weighted by Gasteiger charge is -2.19. The third-order valence-electron chi connectivity index (χ3n) is 3.05. The monoisotopic (exact) mass is 317 g/mol. The minimum absolute atomic E-state index is 0.0128. The second-order valence-corrected chi connectivity index (χ2v) is 5.54. The zero-order chi connectivity index (χ0) is 14.0. The van der Waals surface area contributed by atoms with E-state index in [0.29, 0.717) is 5.56 Å². The number of halogens is 1. The first-order valence-corrected chi connectivity index (χ1v) is 6.89. The lowest BCUT2D eigenvalue weighted by molar-refractivity contribution is 0.0992. The van der Waals surface area contributed by atoms with Crippen molar-refractivity contribution in [3.8, 4) is 0 Å². The number of aryl methyl sites for hydroxylation is 2. The molecular formula is C16H16BrNO. The first kappa shape index (κ1) is 13.8. The van der Waals surface area contributed by atoms with E-state index in [9.17, 15) is 4.79 Å². The molecule has 0 atom stereocenters. The highest BCUT2D eigenvalue weighted by molar-refractivity contribution is 9.10. The van der Waals surface area contributed by atoms with Crippen molar-refractivity contribution in [2.75, 3.05) is 11.9 Å². The maximum Gasteiger partial charge on any atom is 0.259 e. The molecule has 2 rings (SSSR count). The van der Waals surface area contributed by atoms with Gasteiger partial charge in [0.25, 0.3) is 5.91 Å². The molecule has 0 aliphatic heterocycles. The highest BCUT2D eigenvalue weighted by Gasteiger charge is 2.16. The average Bonchev–Trinajstić information content (AvgIpc) is 2.40. The average molecular weight is 318 g/mol. The topological polar surface area (TPSA) is 20.3 Å². The Morgan fingerprint density at radius 3 is 2.42 bits per heavy atom. The summed E-state index contributed by atoms with van der Waals surface area (Å²) in [4.78, 5) is 14.2. The van der Waals surface area contributed by atoms with Gasteiger partial charge in [0.15, 0.2) is 0 Å². The van der Waals surface area contributed by atoms with E-state index in [2.05, 4.69) is 15.9 Å². The normalized spacial score (nSPS) is 10.3. The van der Waals surface area contributed by atoms with Gasteiger partial charge < -0.3 is 4.90 Å². The van der Waals surface area contributed by atoms with Crippen molar-refractivity contribution in [1.29, 1.82) is 0 Å². The molecule has 0 unspecified atom stereocenters. The van der Waals surface area contributed by atoms with Gasteiger partial charge in [0.1, 0.15) is 0 Å². The van der Waals surface area contributed by atoms with Crippen molar-refractivity contribution in [3.05, 3.63) is 63.6 Å². The number of carbonyl (C=O) groups is 1. The van der Waals surface area contributed by atoms with Crippen LogP contribution < -0.4 is 4.90 Å². The number of hydrogen-bond donors (Lipinski definition) is 0. The van der Waals surface area contributed by atoms with Gasteiger partial charge in [0.05, 0.1) is 5.56 Å². The van der Waals surface area contributed by atoms with Gasteiger partial charge in [-0.3, -0.25) is 4.79 Å². The predicted molar refractivity (Wildman–Crippen MR) is 82.8 cm³/mol. The SMILES string of the molecule is Cc1cccc(N(C)C(=O)c2cc(C)ccc2Br)c1. The molecule has 0 N–H and O–H groups in total. The van der Waals surface area contributed by atoms with Crippen molar-refractivity contribution >= 4 is 27.5 Å². The summed E-state index contributed by atoms with van der Waals surface area (Å²) in [6.45, 7) is 4.00. The fraction of sp³-hybridized carbons (Fsp3) is 0.188. The van der Waals surface area contributed by atoms with Crippen LogP contribution >= 0.6 is 15.9 Å². The molecule has 2 aromatic rings. The Morgan fingerprint density at radius 2 is 1.74 bits per heavy atom. The fourth-order valence-corrected chi connectivity index (χ4v) is 2.35. The van der Waals surface area contributed by atoms with Crippen LogP contribution in [-0.2, 0) is 0 Å². The molecule has 0 saturated carbocycles. The third-order valence-corrected chi connectivity index (χ3v) is 3.74. The molecule has 2 aromatic carbocycles. The molecule has 0 aromatic heterocycles. The summed E-state index contributed by atoms with van der Waals surface area (Å²) in [6, 6.07) is 13.7. The Hall–Kier alpha value is -1.61. The smallest absolute Gasteiger partial charge is 0.259 e. The van der Waals surface area contributed by atoms with Gasteiger partial charge in [-0.05, 0) is 59.6 Å². The van der Waals surface area contributed by atoms with E-state index in [1.54, 1.807) is 11.9 Å². The molecule has 0 spiro atoms. The van der Waals surface area contributed by atoms with Crippen LogP contribution in [-0.4, -0.2) is 13.0 Å². The van der Waals surface area contributed by atoms with Crippen LogP contribution in [0.2, 0.25) is 0 Å². The molecule has 2 nitrogen and oxygen atoms in total. The number of rotatable bonds is 2. The summed E-state index contributed by atoms with van der Waals surface area (Å²) in [6.07, 6.45) is 0. The van der Waals surface area contributed by atoms with Gasteiger partial charge >= 0.3 is 0 Å². The molecule has 0 saturated heterocycles. The Bertz CT molecular complexity index is 622. The quantitative estimate of drug-likeness (QED) is 0.806. The van der Waals surface area contributed by atoms with E-state index in [4.69, 9.17) is 0 Å². The summed E-state index contributed by atoms with van der Waals surface area (Å²) in [7, 11) is 1.80. The standard InChI is InChI=1S/C16H16BrNO/c1-11-5-4-6-13(9-11)18(3)16(19)14-10-12(2)7-8-15(14)17/h4-10H,1-3H3. The maximum absolute atomic E-state index is 12.5. The second kappa shape index (κ2) is 5.57. The van der Waals surface area contributed by atoms with Crippen LogP contribution in [0.3, 0.4) is 0 Å². The first-order chi connectivity index (χ1) is 8.99. The lowest BCUT2D eigenvalue weighted by Crippen LogP contribution is -2.26. The van der Waals surface area contributed by atoms with Crippen LogP contribution in [0.5, 0.6) is 0 Å². The molecule has 0 aliphatic rings. The highest BCUT2D eigenvalue weighted by atomic mass is 79.9. The number of carbonyl (C=O) groups excluding carboxylic acids is 1. The summed E-state index contributed by atoms with van der Waals surface area (Å²) in [5, 5.41) is 0. The summed E-state index contributed by atoms with van der Waals surface area (Å²) >= 11 is 3.44. The summed E-state index contributed by atoms with van der Waals surface area (Å²) < 4.78 is 0.822. The second-order valence-electron chi connectivity index (χ2n) is 4.69. The molecule has 19 heavy (non-hydrogen) atoms. The number of anilines is 1. The van der Waals surface area contributed by atoms with Crippen molar-refractivity contribution < 1.29 is 4.79 Å². The van der Waals surface area contributed by atoms with Crippen molar-refractivity contribution in [2.45, 2.75) is 13.8 Å². The van der Waals surface area contributed by atoms with E-state index in [-0.39, 0.29) is 5.91 Å². The third kappa shape index (κ3) is 3.04. The predicted octanol–water partition coefficient (Wildman–Crippen LogP) is 4.34. The molecule has 0 aliphatic carbocycles. The number of benzene rings is 2. The molecule has 0 fully saturated rings.